The summed E-state index contributed by atoms with van der Waals surface area (Å²) in [4.78, 5) is 24.5. The standard InChI is InChI=1S/C16H22N4O3S3/c1-10(2)8-12(14(22)23)18-13(21)9-25-16-20-19-15(26-16)17-6-5-11-4-3-7-24-11/h3-4,7,10,12H,5-6,8-9H2,1-2H3,(H,17,19)(H,18,21)(H,22,23)/t12-/m0/s1. The number of rotatable bonds is 11. The largest absolute Gasteiger partial charge is 0.480 e. The summed E-state index contributed by atoms with van der Waals surface area (Å²) in [6.45, 7) is 4.62. The third-order valence-corrected chi connectivity index (χ3v) is 6.25. The van der Waals surface area contributed by atoms with E-state index in [4.69, 9.17) is 5.11 Å². The maximum absolute atomic E-state index is 12.0. The van der Waals surface area contributed by atoms with Crippen molar-refractivity contribution in [2.24, 2.45) is 5.92 Å². The number of anilines is 1. The Balaban J connectivity index is 1.72. The van der Waals surface area contributed by atoms with Crippen molar-refractivity contribution in [3.05, 3.63) is 22.4 Å². The molecule has 1 atom stereocenters. The first-order valence-electron chi connectivity index (χ1n) is 8.18. The molecule has 26 heavy (non-hydrogen) atoms. The molecule has 0 aliphatic heterocycles. The monoisotopic (exact) mass is 414 g/mol. The zero-order chi connectivity index (χ0) is 18.9. The number of carbonyl (C=O) groups is 2. The van der Waals surface area contributed by atoms with E-state index < -0.39 is 12.0 Å². The summed E-state index contributed by atoms with van der Waals surface area (Å²) in [7, 11) is 0. The first kappa shape index (κ1) is 20.7. The van der Waals surface area contributed by atoms with Crippen molar-refractivity contribution in [2.75, 3.05) is 17.6 Å². The first-order valence-corrected chi connectivity index (χ1v) is 10.9. The molecule has 0 aliphatic rings. The van der Waals surface area contributed by atoms with E-state index >= 15 is 0 Å². The van der Waals surface area contributed by atoms with Crippen LogP contribution in [0, 0.1) is 5.92 Å². The van der Waals surface area contributed by atoms with Gasteiger partial charge in [0.15, 0.2) is 4.34 Å². The Morgan fingerprint density at radius 2 is 2.15 bits per heavy atom. The number of nitrogens with zero attached hydrogens (tertiary/aromatic N) is 2. The molecular weight excluding hydrogens is 392 g/mol. The van der Waals surface area contributed by atoms with Gasteiger partial charge < -0.3 is 15.7 Å². The van der Waals surface area contributed by atoms with Gasteiger partial charge in [-0.3, -0.25) is 4.79 Å². The number of carboxylic acids is 1. The number of thioether (sulfide) groups is 1. The summed E-state index contributed by atoms with van der Waals surface area (Å²) in [5, 5.41) is 25.8. The van der Waals surface area contributed by atoms with Crippen LogP contribution in [0.25, 0.3) is 0 Å². The second-order valence-electron chi connectivity index (χ2n) is 6.01. The normalized spacial score (nSPS) is 12.1. The number of thiophene rings is 1. The Labute approximate surface area is 164 Å². The van der Waals surface area contributed by atoms with Crippen LogP contribution in [0.5, 0.6) is 0 Å². The number of carboxylic acid groups (broad SMARTS) is 1. The molecule has 2 heterocycles. The summed E-state index contributed by atoms with van der Waals surface area (Å²) < 4.78 is 0.675. The van der Waals surface area contributed by atoms with Crippen molar-refractivity contribution >= 4 is 51.4 Å². The number of carbonyl (C=O) groups excluding carboxylic acids is 1. The van der Waals surface area contributed by atoms with E-state index in [-0.39, 0.29) is 17.6 Å². The third kappa shape index (κ3) is 7.30. The maximum atomic E-state index is 12.0. The van der Waals surface area contributed by atoms with Crippen LogP contribution in [0.15, 0.2) is 21.9 Å². The Morgan fingerprint density at radius 1 is 1.35 bits per heavy atom. The average Bonchev–Trinajstić information content (AvgIpc) is 3.24. The molecule has 2 rings (SSSR count). The Morgan fingerprint density at radius 3 is 2.81 bits per heavy atom. The zero-order valence-electron chi connectivity index (χ0n) is 14.6. The lowest BCUT2D eigenvalue weighted by Gasteiger charge is -2.16. The van der Waals surface area contributed by atoms with E-state index in [0.29, 0.717) is 15.9 Å². The first-order chi connectivity index (χ1) is 12.4. The molecule has 0 aliphatic carbocycles. The summed E-state index contributed by atoms with van der Waals surface area (Å²) in [5.41, 5.74) is 0. The highest BCUT2D eigenvalue weighted by atomic mass is 32.2. The molecule has 0 spiro atoms. The van der Waals surface area contributed by atoms with Gasteiger partial charge in [0.25, 0.3) is 0 Å². The van der Waals surface area contributed by atoms with E-state index in [1.807, 2.05) is 19.9 Å². The number of nitrogens with one attached hydrogen (secondary N) is 2. The van der Waals surface area contributed by atoms with Crippen molar-refractivity contribution in [3.63, 3.8) is 0 Å². The lowest BCUT2D eigenvalue weighted by atomic mass is 10.0. The van der Waals surface area contributed by atoms with Crippen LogP contribution in [-0.2, 0) is 16.0 Å². The number of aromatic nitrogens is 2. The summed E-state index contributed by atoms with van der Waals surface area (Å²) >= 11 is 4.36. The fraction of sp³-hybridized carbons (Fsp3) is 0.500. The van der Waals surface area contributed by atoms with Crippen molar-refractivity contribution in [1.29, 1.82) is 0 Å². The molecule has 0 fully saturated rings. The Hall–Kier alpha value is -1.65. The van der Waals surface area contributed by atoms with Crippen molar-refractivity contribution in [1.82, 2.24) is 15.5 Å². The van der Waals surface area contributed by atoms with Gasteiger partial charge in [0, 0.05) is 11.4 Å². The van der Waals surface area contributed by atoms with Gasteiger partial charge in [-0.2, -0.15) is 0 Å². The molecule has 3 N–H and O–H groups in total. The minimum Gasteiger partial charge on any atom is -0.480 e. The number of amides is 1. The summed E-state index contributed by atoms with van der Waals surface area (Å²) in [6.07, 6.45) is 1.33. The molecule has 2 aromatic rings. The molecule has 10 heteroatoms. The van der Waals surface area contributed by atoms with Crippen molar-refractivity contribution < 1.29 is 14.7 Å². The van der Waals surface area contributed by atoms with Gasteiger partial charge in [-0.05, 0) is 30.2 Å². The molecule has 142 valence electrons. The zero-order valence-corrected chi connectivity index (χ0v) is 17.0. The molecule has 2 aromatic heterocycles. The molecule has 0 unspecified atom stereocenters. The highest BCUT2D eigenvalue weighted by Gasteiger charge is 2.21. The second-order valence-corrected chi connectivity index (χ2v) is 9.24. The molecule has 0 aromatic carbocycles. The molecule has 0 saturated heterocycles. The van der Waals surface area contributed by atoms with Crippen LogP contribution in [0.3, 0.4) is 0 Å². The van der Waals surface area contributed by atoms with E-state index in [1.54, 1.807) is 11.3 Å². The molecule has 0 saturated carbocycles. The molecule has 7 nitrogen and oxygen atoms in total. The van der Waals surface area contributed by atoms with Gasteiger partial charge in [0.2, 0.25) is 11.0 Å². The third-order valence-electron chi connectivity index (χ3n) is 3.30. The van der Waals surface area contributed by atoms with Gasteiger partial charge in [-0.1, -0.05) is 43.0 Å². The fourth-order valence-electron chi connectivity index (χ4n) is 2.14. The molecule has 1 amide bonds. The Kier molecular flexibility index (Phi) is 8.33. The van der Waals surface area contributed by atoms with E-state index in [9.17, 15) is 9.59 Å². The van der Waals surface area contributed by atoms with Crippen LogP contribution in [-0.4, -0.2) is 45.5 Å². The van der Waals surface area contributed by atoms with Crippen LogP contribution in [0.2, 0.25) is 0 Å². The van der Waals surface area contributed by atoms with Gasteiger partial charge in [0.05, 0.1) is 5.75 Å². The lowest BCUT2D eigenvalue weighted by molar-refractivity contribution is -0.141. The van der Waals surface area contributed by atoms with E-state index in [0.717, 1.165) is 13.0 Å². The van der Waals surface area contributed by atoms with Crippen LogP contribution < -0.4 is 10.6 Å². The summed E-state index contributed by atoms with van der Waals surface area (Å²) in [5.74, 6) is -1.02. The quantitative estimate of drug-likeness (QED) is 0.486. The SMILES string of the molecule is CC(C)C[C@H](NC(=O)CSc1nnc(NCCc2cccs2)s1)C(=O)O. The van der Waals surface area contributed by atoms with Gasteiger partial charge in [-0.25, -0.2) is 4.79 Å². The minimum atomic E-state index is -1.01. The van der Waals surface area contributed by atoms with Crippen LogP contribution in [0.1, 0.15) is 25.1 Å². The van der Waals surface area contributed by atoms with Gasteiger partial charge >= 0.3 is 5.97 Å². The van der Waals surface area contributed by atoms with Crippen LogP contribution in [0.4, 0.5) is 5.13 Å². The molecular formula is C16H22N4O3S3. The van der Waals surface area contributed by atoms with Crippen molar-refractivity contribution in [2.45, 2.75) is 37.1 Å². The smallest absolute Gasteiger partial charge is 0.326 e. The average molecular weight is 415 g/mol. The molecule has 0 bridgehead atoms. The number of hydrogen-bond donors (Lipinski definition) is 3. The fourth-order valence-corrected chi connectivity index (χ4v) is 4.44. The minimum absolute atomic E-state index is 0.117. The topological polar surface area (TPSA) is 104 Å². The Bertz CT molecular complexity index is 703. The predicted octanol–water partition coefficient (Wildman–Crippen LogP) is 2.96. The van der Waals surface area contributed by atoms with E-state index in [1.165, 1.54) is 28.0 Å². The lowest BCUT2D eigenvalue weighted by Crippen LogP contribution is -2.42. The maximum Gasteiger partial charge on any atom is 0.326 e. The summed E-state index contributed by atoms with van der Waals surface area (Å²) in [6, 6.07) is 3.27. The second kappa shape index (κ2) is 10.5. The number of hydrogen-bond acceptors (Lipinski definition) is 8. The van der Waals surface area contributed by atoms with Crippen LogP contribution >= 0.6 is 34.4 Å². The van der Waals surface area contributed by atoms with Gasteiger partial charge in [0.1, 0.15) is 6.04 Å². The highest BCUT2D eigenvalue weighted by Crippen LogP contribution is 2.25. The highest BCUT2D eigenvalue weighted by molar-refractivity contribution is 8.01. The molecule has 0 radical (unpaired) electrons. The predicted molar refractivity (Wildman–Crippen MR) is 106 cm³/mol. The number of aliphatic carboxylic acids is 1. The van der Waals surface area contributed by atoms with Crippen molar-refractivity contribution in [3.8, 4) is 0 Å². The van der Waals surface area contributed by atoms with Gasteiger partial charge in [-0.15, -0.1) is 21.5 Å². The van der Waals surface area contributed by atoms with E-state index in [2.05, 4.69) is 32.3 Å².